The summed E-state index contributed by atoms with van der Waals surface area (Å²) in [6.45, 7) is 18.0. The molecular weight excluding hydrogens is 392 g/mol. The molecule has 0 aliphatic carbocycles. The highest BCUT2D eigenvalue weighted by atomic mass is 16.3. The molecule has 0 fully saturated rings. The second-order valence-corrected chi connectivity index (χ2v) is 12.7. The lowest BCUT2D eigenvalue weighted by Crippen LogP contribution is -2.26. The van der Waals surface area contributed by atoms with Crippen molar-refractivity contribution < 1.29 is 10.2 Å². The standard InChI is InChI=1S/C30H62O2/c1-9-15-27(5)24-28(6)19-14-23-30(8,32)21-11-10-20-29(7,31)22-13-18-26(4)17-12-16-25(2)3/h25-28,31-32H,9-24H2,1-8H3. The Morgan fingerprint density at radius 1 is 0.531 bits per heavy atom. The van der Waals surface area contributed by atoms with E-state index in [9.17, 15) is 10.2 Å². The highest BCUT2D eigenvalue weighted by Gasteiger charge is 2.23. The molecule has 5 unspecified atom stereocenters. The Balaban J connectivity index is 3.92. The van der Waals surface area contributed by atoms with E-state index in [-0.39, 0.29) is 0 Å². The van der Waals surface area contributed by atoms with Gasteiger partial charge in [0.15, 0.2) is 0 Å². The minimum atomic E-state index is -0.550. The zero-order valence-electron chi connectivity index (χ0n) is 23.5. The third-order valence-corrected chi connectivity index (χ3v) is 7.57. The van der Waals surface area contributed by atoms with Crippen LogP contribution >= 0.6 is 0 Å². The molecule has 0 bridgehead atoms. The first-order chi connectivity index (χ1) is 14.9. The van der Waals surface area contributed by atoms with Gasteiger partial charge in [0.05, 0.1) is 11.2 Å². The van der Waals surface area contributed by atoms with Crippen molar-refractivity contribution >= 4 is 0 Å². The van der Waals surface area contributed by atoms with E-state index >= 15 is 0 Å². The van der Waals surface area contributed by atoms with Gasteiger partial charge in [0.2, 0.25) is 0 Å². The van der Waals surface area contributed by atoms with E-state index < -0.39 is 11.2 Å². The van der Waals surface area contributed by atoms with E-state index in [1.165, 1.54) is 51.4 Å². The molecule has 0 heterocycles. The first kappa shape index (κ1) is 31.9. The van der Waals surface area contributed by atoms with Crippen LogP contribution in [0.25, 0.3) is 0 Å². The average Bonchev–Trinajstić information content (AvgIpc) is 2.65. The van der Waals surface area contributed by atoms with E-state index in [0.717, 1.165) is 75.0 Å². The second-order valence-electron chi connectivity index (χ2n) is 12.7. The van der Waals surface area contributed by atoms with Crippen molar-refractivity contribution in [3.63, 3.8) is 0 Å². The minimum absolute atomic E-state index is 0.547. The molecule has 0 aliphatic heterocycles. The molecule has 0 aromatic rings. The summed E-state index contributed by atoms with van der Waals surface area (Å²) in [5, 5.41) is 21.5. The van der Waals surface area contributed by atoms with Crippen LogP contribution in [-0.4, -0.2) is 21.4 Å². The predicted octanol–water partition coefficient (Wildman–Crippen LogP) is 9.31. The van der Waals surface area contributed by atoms with Crippen LogP contribution in [0.2, 0.25) is 0 Å². The zero-order chi connectivity index (χ0) is 24.6. The molecule has 0 aliphatic rings. The van der Waals surface area contributed by atoms with Crippen LogP contribution in [0, 0.1) is 23.7 Å². The SMILES string of the molecule is CCCC(C)CC(C)CCCC(C)(O)CCCCC(C)(O)CCCC(C)CCCC(C)C. The van der Waals surface area contributed by atoms with Crippen molar-refractivity contribution in [2.75, 3.05) is 0 Å². The molecule has 2 nitrogen and oxygen atoms in total. The van der Waals surface area contributed by atoms with Crippen LogP contribution in [0.1, 0.15) is 158 Å². The summed E-state index contributed by atoms with van der Waals surface area (Å²) < 4.78 is 0. The van der Waals surface area contributed by atoms with E-state index in [1.54, 1.807) is 0 Å². The molecular formula is C30H62O2. The van der Waals surface area contributed by atoms with E-state index in [4.69, 9.17) is 0 Å². The van der Waals surface area contributed by atoms with Crippen molar-refractivity contribution in [1.82, 2.24) is 0 Å². The summed E-state index contributed by atoms with van der Waals surface area (Å²) in [7, 11) is 0. The maximum absolute atomic E-state index is 10.8. The molecule has 0 spiro atoms. The van der Waals surface area contributed by atoms with Crippen molar-refractivity contribution in [2.24, 2.45) is 23.7 Å². The van der Waals surface area contributed by atoms with Crippen molar-refractivity contribution in [3.05, 3.63) is 0 Å². The Hall–Kier alpha value is -0.0800. The van der Waals surface area contributed by atoms with E-state index in [1.807, 2.05) is 13.8 Å². The monoisotopic (exact) mass is 454 g/mol. The molecule has 0 saturated carbocycles. The van der Waals surface area contributed by atoms with Crippen molar-refractivity contribution in [1.29, 1.82) is 0 Å². The molecule has 0 saturated heterocycles. The summed E-state index contributed by atoms with van der Waals surface area (Å²) in [5.41, 5.74) is -1.10. The van der Waals surface area contributed by atoms with Gasteiger partial charge in [-0.3, -0.25) is 0 Å². The lowest BCUT2D eigenvalue weighted by molar-refractivity contribution is 0.0215. The van der Waals surface area contributed by atoms with Crippen LogP contribution in [0.15, 0.2) is 0 Å². The van der Waals surface area contributed by atoms with Crippen LogP contribution < -0.4 is 0 Å². The van der Waals surface area contributed by atoms with E-state index in [0.29, 0.717) is 0 Å². The smallest absolute Gasteiger partial charge is 0.0619 e. The Morgan fingerprint density at radius 3 is 1.41 bits per heavy atom. The maximum atomic E-state index is 10.8. The Kier molecular flexibility index (Phi) is 17.3. The van der Waals surface area contributed by atoms with Crippen molar-refractivity contribution in [2.45, 2.75) is 169 Å². The second kappa shape index (κ2) is 17.4. The molecule has 2 N–H and O–H groups in total. The van der Waals surface area contributed by atoms with Gasteiger partial charge in [-0.1, -0.05) is 112 Å². The molecule has 0 rings (SSSR count). The number of unbranched alkanes of at least 4 members (excludes halogenated alkanes) is 1. The van der Waals surface area contributed by atoms with Gasteiger partial charge in [-0.2, -0.15) is 0 Å². The third kappa shape index (κ3) is 19.4. The summed E-state index contributed by atoms with van der Waals surface area (Å²) in [5.74, 6) is 3.18. The predicted molar refractivity (Wildman–Crippen MR) is 143 cm³/mol. The van der Waals surface area contributed by atoms with Gasteiger partial charge < -0.3 is 10.2 Å². The van der Waals surface area contributed by atoms with Crippen molar-refractivity contribution in [3.8, 4) is 0 Å². The topological polar surface area (TPSA) is 40.5 Å². The normalized spacial score (nSPS) is 18.8. The molecule has 32 heavy (non-hydrogen) atoms. The van der Waals surface area contributed by atoms with Gasteiger partial charge in [-0.15, -0.1) is 0 Å². The minimum Gasteiger partial charge on any atom is -0.390 e. The first-order valence-electron chi connectivity index (χ1n) is 14.3. The van der Waals surface area contributed by atoms with Gasteiger partial charge in [-0.25, -0.2) is 0 Å². The van der Waals surface area contributed by atoms with E-state index in [2.05, 4.69) is 41.5 Å². The van der Waals surface area contributed by atoms with Gasteiger partial charge in [-0.05, 0) is 69.6 Å². The van der Waals surface area contributed by atoms with Gasteiger partial charge in [0, 0.05) is 0 Å². The molecule has 5 atom stereocenters. The van der Waals surface area contributed by atoms with Crippen LogP contribution in [0.3, 0.4) is 0 Å². The number of aliphatic hydroxyl groups is 2. The van der Waals surface area contributed by atoms with Crippen LogP contribution in [-0.2, 0) is 0 Å². The lowest BCUT2D eigenvalue weighted by Gasteiger charge is -2.27. The molecule has 0 aromatic heterocycles. The quantitative estimate of drug-likeness (QED) is 0.170. The average molecular weight is 455 g/mol. The zero-order valence-corrected chi connectivity index (χ0v) is 23.5. The largest absolute Gasteiger partial charge is 0.390 e. The molecule has 0 aromatic carbocycles. The molecule has 2 heteroatoms. The van der Waals surface area contributed by atoms with Crippen LogP contribution in [0.5, 0.6) is 0 Å². The Morgan fingerprint density at radius 2 is 0.938 bits per heavy atom. The summed E-state index contributed by atoms with van der Waals surface area (Å²) in [6, 6.07) is 0. The summed E-state index contributed by atoms with van der Waals surface area (Å²) in [6.07, 6.45) is 18.2. The summed E-state index contributed by atoms with van der Waals surface area (Å²) in [4.78, 5) is 0. The number of hydrogen-bond acceptors (Lipinski definition) is 2. The fourth-order valence-electron chi connectivity index (χ4n) is 5.36. The van der Waals surface area contributed by atoms with Gasteiger partial charge in [0.25, 0.3) is 0 Å². The first-order valence-corrected chi connectivity index (χ1v) is 14.3. The molecule has 194 valence electrons. The molecule has 0 amide bonds. The Bertz CT molecular complexity index is 427. The van der Waals surface area contributed by atoms with Gasteiger partial charge >= 0.3 is 0 Å². The number of rotatable bonds is 21. The lowest BCUT2D eigenvalue weighted by atomic mass is 9.86. The summed E-state index contributed by atoms with van der Waals surface area (Å²) >= 11 is 0. The highest BCUT2D eigenvalue weighted by molar-refractivity contribution is 4.76. The fraction of sp³-hybridized carbons (Fsp3) is 1.00. The molecule has 0 radical (unpaired) electrons. The Labute approximate surface area is 203 Å². The fourth-order valence-corrected chi connectivity index (χ4v) is 5.36. The van der Waals surface area contributed by atoms with Crippen LogP contribution in [0.4, 0.5) is 0 Å². The maximum Gasteiger partial charge on any atom is 0.0619 e. The third-order valence-electron chi connectivity index (χ3n) is 7.57. The number of hydrogen-bond donors (Lipinski definition) is 2. The highest BCUT2D eigenvalue weighted by Crippen LogP contribution is 2.28. The van der Waals surface area contributed by atoms with Gasteiger partial charge in [0.1, 0.15) is 0 Å².